The van der Waals surface area contributed by atoms with Gasteiger partial charge in [-0.05, 0) is 25.3 Å². The van der Waals surface area contributed by atoms with E-state index >= 15 is 0 Å². The van der Waals surface area contributed by atoms with Crippen molar-refractivity contribution in [1.29, 1.82) is 0 Å². The van der Waals surface area contributed by atoms with E-state index < -0.39 is 18.0 Å². The van der Waals surface area contributed by atoms with E-state index in [-0.39, 0.29) is 13.2 Å². The molecule has 21 heavy (non-hydrogen) atoms. The number of carboxylic acid groups (broad SMARTS) is 1. The zero-order valence-corrected chi connectivity index (χ0v) is 12.2. The first-order chi connectivity index (χ1) is 10.1. The Kier molecular flexibility index (Phi) is 7.25. The van der Waals surface area contributed by atoms with Gasteiger partial charge < -0.3 is 20.4 Å². The number of carbonyl (C=O) groups excluding carboxylic acids is 1. The van der Waals surface area contributed by atoms with Crippen LogP contribution in [0, 0.1) is 0 Å². The van der Waals surface area contributed by atoms with E-state index in [1.807, 2.05) is 30.3 Å². The number of carbonyl (C=O) groups is 2. The molecule has 0 aromatic heterocycles. The molecule has 116 valence electrons. The number of aryl methyl sites for hydroxylation is 1. The third kappa shape index (κ3) is 5.83. The summed E-state index contributed by atoms with van der Waals surface area (Å²) in [6.07, 6.45) is 0.895. The first-order valence-electron chi connectivity index (χ1n) is 7.01. The van der Waals surface area contributed by atoms with E-state index in [4.69, 9.17) is 5.11 Å². The van der Waals surface area contributed by atoms with Gasteiger partial charge in [0.25, 0.3) is 0 Å². The standard InChI is InChI=1S/C15H22N2O4/c1-2-17(10-11-18)15(21)16-13(14(19)20)9-8-12-6-4-3-5-7-12/h3-7,13,18H,2,8-11H2,1H3,(H,16,21)(H,19,20)/t13-/m0/s1. The highest BCUT2D eigenvalue weighted by Gasteiger charge is 2.22. The summed E-state index contributed by atoms with van der Waals surface area (Å²) in [6.45, 7) is 2.22. The van der Waals surface area contributed by atoms with E-state index in [9.17, 15) is 14.7 Å². The molecule has 1 aromatic carbocycles. The topological polar surface area (TPSA) is 89.9 Å². The second-order valence-electron chi connectivity index (χ2n) is 4.67. The van der Waals surface area contributed by atoms with E-state index in [1.165, 1.54) is 4.90 Å². The minimum Gasteiger partial charge on any atom is -0.480 e. The Hall–Kier alpha value is -2.08. The molecule has 0 saturated carbocycles. The maximum Gasteiger partial charge on any atom is 0.326 e. The number of rotatable bonds is 8. The smallest absolute Gasteiger partial charge is 0.326 e. The first kappa shape index (κ1) is 17.0. The number of aliphatic carboxylic acids is 1. The third-order valence-corrected chi connectivity index (χ3v) is 3.20. The number of nitrogens with one attached hydrogen (secondary N) is 1. The third-order valence-electron chi connectivity index (χ3n) is 3.20. The molecule has 0 saturated heterocycles. The Morgan fingerprint density at radius 2 is 1.95 bits per heavy atom. The summed E-state index contributed by atoms with van der Waals surface area (Å²) >= 11 is 0. The molecule has 0 aliphatic rings. The quantitative estimate of drug-likeness (QED) is 0.669. The summed E-state index contributed by atoms with van der Waals surface area (Å²) in [7, 11) is 0. The van der Waals surface area contributed by atoms with Crippen LogP contribution in [0.3, 0.4) is 0 Å². The minimum atomic E-state index is -1.06. The lowest BCUT2D eigenvalue weighted by Crippen LogP contribution is -2.48. The lowest BCUT2D eigenvalue weighted by Gasteiger charge is -2.23. The van der Waals surface area contributed by atoms with Crippen LogP contribution in [0.4, 0.5) is 4.79 Å². The molecule has 2 amide bonds. The highest BCUT2D eigenvalue weighted by atomic mass is 16.4. The lowest BCUT2D eigenvalue weighted by atomic mass is 10.1. The molecule has 6 nitrogen and oxygen atoms in total. The number of hydrogen-bond acceptors (Lipinski definition) is 3. The number of urea groups is 1. The van der Waals surface area contributed by atoms with E-state index in [2.05, 4.69) is 5.32 Å². The Morgan fingerprint density at radius 3 is 2.48 bits per heavy atom. The van der Waals surface area contributed by atoms with Crippen molar-refractivity contribution in [1.82, 2.24) is 10.2 Å². The van der Waals surface area contributed by atoms with Gasteiger partial charge >= 0.3 is 12.0 Å². The molecule has 0 aliphatic carbocycles. The zero-order chi connectivity index (χ0) is 15.7. The summed E-state index contributed by atoms with van der Waals surface area (Å²) in [6, 6.07) is 8.12. The van der Waals surface area contributed by atoms with Crippen LogP contribution in [0.2, 0.25) is 0 Å². The van der Waals surface area contributed by atoms with E-state index in [1.54, 1.807) is 6.92 Å². The Balaban J connectivity index is 2.57. The average molecular weight is 294 g/mol. The summed E-state index contributed by atoms with van der Waals surface area (Å²) in [5, 5.41) is 20.6. The molecular weight excluding hydrogens is 272 g/mol. The van der Waals surface area contributed by atoms with E-state index in [0.717, 1.165) is 5.56 Å². The van der Waals surface area contributed by atoms with Crippen LogP contribution in [0.1, 0.15) is 18.9 Å². The second kappa shape index (κ2) is 8.97. The maximum atomic E-state index is 11.9. The highest BCUT2D eigenvalue weighted by Crippen LogP contribution is 2.06. The highest BCUT2D eigenvalue weighted by molar-refractivity contribution is 5.82. The largest absolute Gasteiger partial charge is 0.480 e. The molecule has 0 fully saturated rings. The van der Waals surface area contributed by atoms with Gasteiger partial charge in [-0.25, -0.2) is 9.59 Å². The van der Waals surface area contributed by atoms with Gasteiger partial charge in [0.2, 0.25) is 0 Å². The molecule has 0 aliphatic heterocycles. The molecular formula is C15H22N2O4. The van der Waals surface area contributed by atoms with Gasteiger partial charge in [-0.15, -0.1) is 0 Å². The minimum absolute atomic E-state index is 0.150. The van der Waals surface area contributed by atoms with Gasteiger partial charge in [-0.2, -0.15) is 0 Å². The van der Waals surface area contributed by atoms with Crippen LogP contribution in [-0.2, 0) is 11.2 Å². The first-order valence-corrected chi connectivity index (χ1v) is 7.01. The van der Waals surface area contributed by atoms with Crippen LogP contribution in [0.25, 0.3) is 0 Å². The summed E-state index contributed by atoms with van der Waals surface area (Å²) < 4.78 is 0. The number of benzene rings is 1. The molecule has 3 N–H and O–H groups in total. The van der Waals surface area contributed by atoms with Crippen molar-refractivity contribution in [2.45, 2.75) is 25.8 Å². The average Bonchev–Trinajstić information content (AvgIpc) is 2.49. The van der Waals surface area contributed by atoms with Gasteiger partial charge in [-0.3, -0.25) is 0 Å². The fourth-order valence-electron chi connectivity index (χ4n) is 1.98. The molecule has 0 bridgehead atoms. The van der Waals surface area contributed by atoms with Gasteiger partial charge in [0.1, 0.15) is 6.04 Å². The fraction of sp³-hybridized carbons (Fsp3) is 0.467. The molecule has 1 aromatic rings. The molecule has 0 spiro atoms. The molecule has 0 radical (unpaired) electrons. The Morgan fingerprint density at radius 1 is 1.29 bits per heavy atom. The van der Waals surface area contributed by atoms with Crippen LogP contribution in [0.15, 0.2) is 30.3 Å². The number of amides is 2. The van der Waals surface area contributed by atoms with Crippen molar-refractivity contribution in [2.75, 3.05) is 19.7 Å². The van der Waals surface area contributed by atoms with Crippen molar-refractivity contribution in [3.63, 3.8) is 0 Å². The number of likely N-dealkylation sites (N-methyl/N-ethyl adjacent to an activating group) is 1. The van der Waals surface area contributed by atoms with Crippen molar-refractivity contribution < 1.29 is 19.8 Å². The van der Waals surface area contributed by atoms with Crippen LogP contribution >= 0.6 is 0 Å². The number of nitrogens with zero attached hydrogens (tertiary/aromatic N) is 1. The summed E-state index contributed by atoms with van der Waals surface area (Å²) in [5.74, 6) is -1.06. The second-order valence-corrected chi connectivity index (χ2v) is 4.67. The predicted molar refractivity (Wildman–Crippen MR) is 79.1 cm³/mol. The Bertz CT molecular complexity index is 450. The molecule has 0 unspecified atom stereocenters. The number of hydrogen-bond donors (Lipinski definition) is 3. The van der Waals surface area contributed by atoms with Gasteiger partial charge in [0.05, 0.1) is 6.61 Å². The SMILES string of the molecule is CCN(CCO)C(=O)N[C@@H](CCc1ccccc1)C(=O)O. The zero-order valence-electron chi connectivity index (χ0n) is 12.2. The van der Waals surface area contributed by atoms with Crippen LogP contribution < -0.4 is 5.32 Å². The summed E-state index contributed by atoms with van der Waals surface area (Å²) in [4.78, 5) is 24.5. The van der Waals surface area contributed by atoms with Gasteiger partial charge in [0, 0.05) is 13.1 Å². The van der Waals surface area contributed by atoms with E-state index in [0.29, 0.717) is 19.4 Å². The van der Waals surface area contributed by atoms with Crippen molar-refractivity contribution in [3.8, 4) is 0 Å². The lowest BCUT2D eigenvalue weighted by molar-refractivity contribution is -0.139. The molecule has 6 heteroatoms. The number of aliphatic hydroxyl groups excluding tert-OH is 1. The van der Waals surface area contributed by atoms with Gasteiger partial charge in [0.15, 0.2) is 0 Å². The molecule has 1 rings (SSSR count). The van der Waals surface area contributed by atoms with Crippen LogP contribution in [0.5, 0.6) is 0 Å². The van der Waals surface area contributed by atoms with Crippen molar-refractivity contribution >= 4 is 12.0 Å². The fourth-order valence-corrected chi connectivity index (χ4v) is 1.98. The maximum absolute atomic E-state index is 11.9. The number of aliphatic hydroxyl groups is 1. The summed E-state index contributed by atoms with van der Waals surface area (Å²) in [5.41, 5.74) is 1.03. The monoisotopic (exact) mass is 294 g/mol. The molecule has 0 heterocycles. The Labute approximate surface area is 124 Å². The predicted octanol–water partition coefficient (Wildman–Crippen LogP) is 1.10. The molecule has 1 atom stereocenters. The van der Waals surface area contributed by atoms with Crippen molar-refractivity contribution in [2.24, 2.45) is 0 Å². The van der Waals surface area contributed by atoms with Crippen LogP contribution in [-0.4, -0.2) is 52.9 Å². The number of carboxylic acids is 1. The van der Waals surface area contributed by atoms with Crippen molar-refractivity contribution in [3.05, 3.63) is 35.9 Å². The normalized spacial score (nSPS) is 11.7. The van der Waals surface area contributed by atoms with Gasteiger partial charge in [-0.1, -0.05) is 30.3 Å².